The fourth-order valence-corrected chi connectivity index (χ4v) is 7.50. The summed E-state index contributed by atoms with van der Waals surface area (Å²) in [4.78, 5) is 92.7. The highest BCUT2D eigenvalue weighted by Gasteiger charge is 2.33. The van der Waals surface area contributed by atoms with E-state index in [1.165, 1.54) is 13.3 Å². The standard InChI is InChI=1S/C46H56N12O6/c1-28(53-44(62)39(22-30-24-51-35-15-7-5-13-32(30)35)56-43(61)34(48)26-58-20-19-50-27-58)42(60)55-40(23-31-25-52-36-16-8-6-14-33(31)36)46(64)57-38(21-29-11-3-2-4-12-29)45(63)54-37(41(49)59)17-9-10-18-47/h2-8,11-16,19-20,24-25,27-28,34,37-40,51-52H,9-10,17-18,21-23,26,47-48H2,1H3,(H2,49,59)(H,53,62)(H,54,63)(H,55,60)(H,56,61)(H,57,64)/t28-,34-,37-,38+,39+,40+/m0/s1. The van der Waals surface area contributed by atoms with Crippen molar-refractivity contribution < 1.29 is 28.8 Å². The number of aromatic amines is 2. The van der Waals surface area contributed by atoms with E-state index >= 15 is 0 Å². The zero-order valence-corrected chi connectivity index (χ0v) is 35.6. The van der Waals surface area contributed by atoms with Crippen LogP contribution < -0.4 is 43.8 Å². The molecule has 3 aromatic carbocycles. The third-order valence-electron chi connectivity index (χ3n) is 11.0. The molecule has 0 fully saturated rings. The number of imidazole rings is 1. The number of unbranched alkanes of at least 4 members (excludes halogenated alkanes) is 1. The van der Waals surface area contributed by atoms with Crippen molar-refractivity contribution in [2.45, 2.75) is 88.2 Å². The first-order valence-electron chi connectivity index (χ1n) is 21.3. The number of nitrogens with two attached hydrogens (primary N) is 3. The topological polar surface area (TPSA) is 290 Å². The van der Waals surface area contributed by atoms with Gasteiger partial charge in [0.1, 0.15) is 36.3 Å². The van der Waals surface area contributed by atoms with Gasteiger partial charge in [-0.25, -0.2) is 4.98 Å². The highest BCUT2D eigenvalue weighted by molar-refractivity contribution is 5.97. The van der Waals surface area contributed by atoms with Crippen LogP contribution in [0.1, 0.15) is 42.9 Å². The van der Waals surface area contributed by atoms with Crippen LogP contribution in [0.5, 0.6) is 0 Å². The Morgan fingerprint density at radius 1 is 0.641 bits per heavy atom. The number of hydrogen-bond donors (Lipinski definition) is 10. The number of para-hydroxylation sites is 2. The van der Waals surface area contributed by atoms with Gasteiger partial charge in [-0.15, -0.1) is 0 Å². The second-order valence-electron chi connectivity index (χ2n) is 15.8. The summed E-state index contributed by atoms with van der Waals surface area (Å²) in [5.74, 6) is -4.02. The summed E-state index contributed by atoms with van der Waals surface area (Å²) in [6.45, 7) is 1.98. The first kappa shape index (κ1) is 46.2. The maximum atomic E-state index is 14.4. The van der Waals surface area contributed by atoms with Gasteiger partial charge in [0.15, 0.2) is 0 Å². The Morgan fingerprint density at radius 2 is 1.16 bits per heavy atom. The minimum absolute atomic E-state index is 0.00101. The Bertz CT molecular complexity index is 2520. The summed E-state index contributed by atoms with van der Waals surface area (Å²) >= 11 is 0. The minimum atomic E-state index is -1.25. The van der Waals surface area contributed by atoms with E-state index in [0.29, 0.717) is 24.9 Å². The van der Waals surface area contributed by atoms with Gasteiger partial charge in [-0.3, -0.25) is 28.8 Å². The van der Waals surface area contributed by atoms with Gasteiger partial charge in [-0.05, 0) is 61.6 Å². The maximum Gasteiger partial charge on any atom is 0.243 e. The number of carbonyl (C=O) groups excluding carboxylic acids is 6. The Hall–Kier alpha value is -7.31. The largest absolute Gasteiger partial charge is 0.368 e. The Balaban J connectivity index is 1.22. The summed E-state index contributed by atoms with van der Waals surface area (Å²) in [5, 5.41) is 15.5. The number of nitrogens with zero attached hydrogens (tertiary/aromatic N) is 2. The summed E-state index contributed by atoms with van der Waals surface area (Å²) < 4.78 is 1.65. The summed E-state index contributed by atoms with van der Waals surface area (Å²) in [5.41, 5.74) is 21.4. The van der Waals surface area contributed by atoms with E-state index in [1.54, 1.807) is 53.6 Å². The minimum Gasteiger partial charge on any atom is -0.368 e. The average molecular weight is 873 g/mol. The van der Waals surface area contributed by atoms with Crippen molar-refractivity contribution in [2.24, 2.45) is 17.2 Å². The summed E-state index contributed by atoms with van der Waals surface area (Å²) in [6, 6.07) is 17.2. The predicted molar refractivity (Wildman–Crippen MR) is 242 cm³/mol. The molecule has 6 amide bonds. The fraction of sp³-hybridized carbons (Fsp3) is 0.326. The molecule has 0 bridgehead atoms. The smallest absolute Gasteiger partial charge is 0.243 e. The molecule has 0 saturated carbocycles. The molecule has 0 spiro atoms. The number of hydrogen-bond acceptors (Lipinski definition) is 9. The van der Waals surface area contributed by atoms with Gasteiger partial charge in [-0.2, -0.15) is 0 Å². The van der Waals surface area contributed by atoms with Crippen molar-refractivity contribution in [3.8, 4) is 0 Å². The van der Waals surface area contributed by atoms with E-state index in [-0.39, 0.29) is 32.2 Å². The van der Waals surface area contributed by atoms with Crippen molar-refractivity contribution in [2.75, 3.05) is 6.54 Å². The van der Waals surface area contributed by atoms with E-state index in [9.17, 15) is 28.8 Å². The summed E-state index contributed by atoms with van der Waals surface area (Å²) in [6.07, 6.45) is 9.80. The molecule has 18 heteroatoms. The lowest BCUT2D eigenvalue weighted by Crippen LogP contribution is -2.60. The van der Waals surface area contributed by atoms with Gasteiger partial charge in [0.25, 0.3) is 0 Å². The molecule has 64 heavy (non-hydrogen) atoms. The Kier molecular flexibility index (Phi) is 16.0. The van der Waals surface area contributed by atoms with E-state index in [0.717, 1.165) is 32.9 Å². The number of amides is 6. The predicted octanol–water partition coefficient (Wildman–Crippen LogP) is 0.959. The number of fused-ring (bicyclic) bond motifs is 2. The zero-order chi connectivity index (χ0) is 45.6. The molecule has 0 saturated heterocycles. The van der Waals surface area contributed by atoms with Crippen molar-refractivity contribution in [3.05, 3.63) is 127 Å². The average Bonchev–Trinajstić information content (AvgIpc) is 4.06. The molecule has 0 aliphatic heterocycles. The van der Waals surface area contributed by atoms with Crippen molar-refractivity contribution >= 4 is 57.2 Å². The Morgan fingerprint density at radius 3 is 1.72 bits per heavy atom. The van der Waals surface area contributed by atoms with Crippen molar-refractivity contribution in [1.29, 1.82) is 0 Å². The molecule has 3 heterocycles. The molecule has 6 rings (SSSR count). The molecule has 0 radical (unpaired) electrons. The van der Waals surface area contributed by atoms with Crippen LogP contribution in [0.2, 0.25) is 0 Å². The van der Waals surface area contributed by atoms with Crippen LogP contribution in [0.15, 0.2) is 110 Å². The molecular weight excluding hydrogens is 817 g/mol. The molecule has 13 N–H and O–H groups in total. The number of benzene rings is 3. The van der Waals surface area contributed by atoms with E-state index < -0.39 is 71.7 Å². The number of H-pyrrole nitrogens is 2. The normalized spacial score (nSPS) is 14.1. The zero-order valence-electron chi connectivity index (χ0n) is 35.6. The van der Waals surface area contributed by atoms with Crippen LogP contribution in [0, 0.1) is 0 Å². The molecule has 3 aromatic heterocycles. The molecule has 0 aliphatic rings. The van der Waals surface area contributed by atoms with Gasteiger partial charge in [0, 0.05) is 72.4 Å². The third kappa shape index (κ3) is 12.4. The van der Waals surface area contributed by atoms with Crippen LogP contribution in [0.3, 0.4) is 0 Å². The maximum absolute atomic E-state index is 14.4. The molecule has 6 atom stereocenters. The van der Waals surface area contributed by atoms with E-state index in [2.05, 4.69) is 41.5 Å². The fourth-order valence-electron chi connectivity index (χ4n) is 7.50. The molecule has 0 unspecified atom stereocenters. The number of rotatable bonds is 23. The lowest BCUT2D eigenvalue weighted by atomic mass is 10.0. The molecule has 18 nitrogen and oxygen atoms in total. The highest BCUT2D eigenvalue weighted by atomic mass is 16.2. The lowest BCUT2D eigenvalue weighted by Gasteiger charge is -2.26. The number of aromatic nitrogens is 4. The van der Waals surface area contributed by atoms with Gasteiger partial charge in [0.2, 0.25) is 35.4 Å². The van der Waals surface area contributed by atoms with Gasteiger partial charge in [-0.1, -0.05) is 66.7 Å². The molecule has 0 aliphatic carbocycles. The van der Waals surface area contributed by atoms with Crippen LogP contribution >= 0.6 is 0 Å². The SMILES string of the molecule is C[C@H](NC(=O)[C@@H](Cc1c[nH]c2ccccc12)NC(=O)[C@@H](N)Cn1ccnc1)C(=O)N[C@H](Cc1c[nH]c2ccccc12)C(=O)N[C@H](Cc1ccccc1)C(=O)N[C@@H](CCCCN)C(N)=O. The van der Waals surface area contributed by atoms with Crippen molar-refractivity contribution in [1.82, 2.24) is 46.1 Å². The van der Waals surface area contributed by atoms with Crippen LogP contribution in [-0.2, 0) is 54.6 Å². The first-order valence-corrected chi connectivity index (χ1v) is 21.3. The highest BCUT2D eigenvalue weighted by Crippen LogP contribution is 2.21. The number of carbonyl (C=O) groups is 6. The van der Waals surface area contributed by atoms with E-state index in [1.807, 2.05) is 54.6 Å². The van der Waals surface area contributed by atoms with Crippen LogP contribution in [-0.4, -0.2) is 97.8 Å². The quantitative estimate of drug-likeness (QED) is 0.0410. The monoisotopic (exact) mass is 872 g/mol. The third-order valence-corrected chi connectivity index (χ3v) is 11.0. The first-order chi connectivity index (χ1) is 30.9. The van der Waals surface area contributed by atoms with Gasteiger partial charge < -0.3 is 58.3 Å². The lowest BCUT2D eigenvalue weighted by molar-refractivity contribution is -0.134. The van der Waals surface area contributed by atoms with Crippen LogP contribution in [0.4, 0.5) is 0 Å². The molecule has 336 valence electrons. The Labute approximate surface area is 369 Å². The van der Waals surface area contributed by atoms with Gasteiger partial charge >= 0.3 is 0 Å². The summed E-state index contributed by atoms with van der Waals surface area (Å²) in [7, 11) is 0. The molecule has 6 aromatic rings. The van der Waals surface area contributed by atoms with Gasteiger partial charge in [0.05, 0.1) is 6.33 Å². The molecular formula is C46H56N12O6. The second kappa shape index (κ2) is 22.2. The van der Waals surface area contributed by atoms with Crippen molar-refractivity contribution in [3.63, 3.8) is 0 Å². The van der Waals surface area contributed by atoms with E-state index in [4.69, 9.17) is 17.2 Å². The number of nitrogens with one attached hydrogen (secondary N) is 7. The second-order valence-corrected chi connectivity index (χ2v) is 15.8. The number of primary amides is 1. The van der Waals surface area contributed by atoms with Crippen LogP contribution in [0.25, 0.3) is 21.8 Å².